The number of rotatable bonds is 9. The number of carbonyl (C=O) groups is 2. The van der Waals surface area contributed by atoms with E-state index in [0.29, 0.717) is 13.0 Å². The molecule has 12 heteroatoms. The highest BCUT2D eigenvalue weighted by molar-refractivity contribution is 6.48. The first-order chi connectivity index (χ1) is 16.9. The molecule has 0 aliphatic heterocycles. The fraction of sp³-hybridized carbons (Fsp3) is 0.360. The lowest BCUT2D eigenvalue weighted by Crippen LogP contribution is -2.37. The quantitative estimate of drug-likeness (QED) is 0.181. The molecule has 0 bridgehead atoms. The Morgan fingerprint density at radius 2 is 1.59 bits per heavy atom. The Kier molecular flexibility index (Phi) is 10.1. The first-order valence-corrected chi connectivity index (χ1v) is 11.9. The van der Waals surface area contributed by atoms with Crippen molar-refractivity contribution in [1.82, 2.24) is 5.32 Å². The molecular formula is C25H22Cl3F6NO2. The summed E-state index contributed by atoms with van der Waals surface area (Å²) in [5.41, 5.74) is 0.237. The van der Waals surface area contributed by atoms with Crippen molar-refractivity contribution in [2.45, 2.75) is 45.2 Å². The number of nitrogens with one attached hydrogen (secondary N) is 1. The van der Waals surface area contributed by atoms with Gasteiger partial charge in [0.1, 0.15) is 12.4 Å². The second kappa shape index (κ2) is 12.1. The summed E-state index contributed by atoms with van der Waals surface area (Å²) in [6.07, 6.45) is -4.26. The molecule has 2 atom stereocenters. The Balaban J connectivity index is 2.27. The Bertz CT molecular complexity index is 1180. The summed E-state index contributed by atoms with van der Waals surface area (Å²) in [4.78, 5) is 24.4. The first kappa shape index (κ1) is 31.0. The van der Waals surface area contributed by atoms with Crippen LogP contribution in [0.25, 0.3) is 5.83 Å². The minimum atomic E-state index is -4.59. The van der Waals surface area contributed by atoms with Crippen molar-refractivity contribution in [3.8, 4) is 0 Å². The average Bonchev–Trinajstić information content (AvgIpc) is 2.77. The second-order valence-corrected chi connectivity index (χ2v) is 9.83. The highest BCUT2D eigenvalue weighted by Crippen LogP contribution is 2.41. The maximum absolute atomic E-state index is 15.1. The molecule has 2 aromatic carbocycles. The molecule has 2 aromatic rings. The van der Waals surface area contributed by atoms with E-state index in [9.17, 15) is 31.5 Å². The van der Waals surface area contributed by atoms with Gasteiger partial charge in [0.25, 0.3) is 5.92 Å². The third-order valence-corrected chi connectivity index (χ3v) is 6.63. The van der Waals surface area contributed by atoms with Gasteiger partial charge in [-0.3, -0.25) is 9.59 Å². The van der Waals surface area contributed by atoms with E-state index in [4.69, 9.17) is 34.8 Å². The Morgan fingerprint density at radius 1 is 1.03 bits per heavy atom. The largest absolute Gasteiger partial charge is 0.405 e. The molecule has 0 spiro atoms. The molecular weight excluding hydrogens is 567 g/mol. The number of aryl methyl sites for hydroxylation is 1. The summed E-state index contributed by atoms with van der Waals surface area (Å²) in [6, 6.07) is 6.06. The summed E-state index contributed by atoms with van der Waals surface area (Å²) in [5, 5.41) is 1.53. The SMILES string of the molecule is Cc1cc(/C(F)=C/C(c2cc(Cl)c(Cl)c(Cl)c2)C(C)(F)F)ccc1C(=O)C[C@H](C)C(=O)NCC(F)(F)F. The van der Waals surface area contributed by atoms with Crippen LogP contribution >= 0.6 is 34.8 Å². The van der Waals surface area contributed by atoms with Crippen molar-refractivity contribution < 1.29 is 35.9 Å². The Labute approximate surface area is 224 Å². The van der Waals surface area contributed by atoms with Gasteiger partial charge in [-0.25, -0.2) is 13.2 Å². The van der Waals surface area contributed by atoms with Crippen LogP contribution in [0.3, 0.4) is 0 Å². The maximum atomic E-state index is 15.1. The zero-order valence-corrected chi connectivity index (χ0v) is 22.0. The summed E-state index contributed by atoms with van der Waals surface area (Å²) in [5.74, 6) is -8.70. The van der Waals surface area contributed by atoms with Crippen LogP contribution in [-0.4, -0.2) is 30.3 Å². The zero-order chi connectivity index (χ0) is 28.3. The third kappa shape index (κ3) is 8.65. The summed E-state index contributed by atoms with van der Waals surface area (Å²) in [6.45, 7) is 1.87. The number of ketones is 1. The summed E-state index contributed by atoms with van der Waals surface area (Å²) in [7, 11) is 0. The smallest absolute Gasteiger partial charge is 0.347 e. The van der Waals surface area contributed by atoms with Gasteiger partial charge in [0.2, 0.25) is 5.91 Å². The number of benzene rings is 2. The third-order valence-electron chi connectivity index (χ3n) is 5.43. The van der Waals surface area contributed by atoms with Crippen molar-refractivity contribution in [3.05, 3.63) is 73.7 Å². The normalized spacial score (nSPS) is 14.3. The predicted octanol–water partition coefficient (Wildman–Crippen LogP) is 8.59. The first-order valence-electron chi connectivity index (χ1n) is 10.8. The van der Waals surface area contributed by atoms with Crippen LogP contribution in [0, 0.1) is 12.8 Å². The number of alkyl halides is 5. The van der Waals surface area contributed by atoms with E-state index < -0.39 is 48.0 Å². The van der Waals surface area contributed by atoms with Gasteiger partial charge in [-0.05, 0) is 42.3 Å². The number of Topliss-reactive ketones (excluding diaryl/α,β-unsaturated/α-hetero) is 1. The van der Waals surface area contributed by atoms with Gasteiger partial charge in [0.05, 0.1) is 21.0 Å². The Hall–Kier alpha value is -2.23. The number of amides is 1. The van der Waals surface area contributed by atoms with E-state index in [2.05, 4.69) is 0 Å². The average molecular weight is 589 g/mol. The van der Waals surface area contributed by atoms with Gasteiger partial charge in [0.15, 0.2) is 5.78 Å². The molecule has 37 heavy (non-hydrogen) atoms. The summed E-state index contributed by atoms with van der Waals surface area (Å²) >= 11 is 17.8. The molecule has 0 fully saturated rings. The van der Waals surface area contributed by atoms with Crippen molar-refractivity contribution in [2.75, 3.05) is 6.54 Å². The molecule has 0 saturated heterocycles. The second-order valence-electron chi connectivity index (χ2n) is 8.64. The highest BCUT2D eigenvalue weighted by Gasteiger charge is 2.35. The fourth-order valence-corrected chi connectivity index (χ4v) is 4.11. The van der Waals surface area contributed by atoms with E-state index >= 15 is 4.39 Å². The van der Waals surface area contributed by atoms with Crippen LogP contribution in [0.2, 0.25) is 15.1 Å². The van der Waals surface area contributed by atoms with Gasteiger partial charge < -0.3 is 5.32 Å². The van der Waals surface area contributed by atoms with Gasteiger partial charge >= 0.3 is 6.18 Å². The molecule has 202 valence electrons. The number of hydrogen-bond donors (Lipinski definition) is 1. The fourth-order valence-electron chi connectivity index (χ4n) is 3.50. The van der Waals surface area contributed by atoms with Crippen LogP contribution in [0.1, 0.15) is 53.2 Å². The van der Waals surface area contributed by atoms with Gasteiger partial charge in [-0.15, -0.1) is 0 Å². The minimum absolute atomic E-state index is 0.0299. The molecule has 1 amide bonds. The highest BCUT2D eigenvalue weighted by atomic mass is 35.5. The standard InChI is InChI=1S/C25H22Cl3F6NO2/c1-12-6-14(4-5-16(12)21(36)7-13(2)23(37)35-11-25(32,33)34)20(29)10-17(24(3,30)31)15-8-18(26)22(28)19(27)9-15/h4-6,8-10,13,17H,7,11H2,1-3H3,(H,35,37)/b20-10-/t13-,17?/m0/s1. The van der Waals surface area contributed by atoms with Crippen LogP contribution in [0.4, 0.5) is 26.3 Å². The molecule has 0 aromatic heterocycles. The molecule has 0 aliphatic rings. The van der Waals surface area contributed by atoms with Crippen LogP contribution in [0.5, 0.6) is 0 Å². The van der Waals surface area contributed by atoms with Crippen molar-refractivity contribution >= 4 is 52.3 Å². The van der Waals surface area contributed by atoms with E-state index in [1.54, 1.807) is 5.32 Å². The van der Waals surface area contributed by atoms with E-state index in [-0.39, 0.29) is 43.7 Å². The van der Waals surface area contributed by atoms with Crippen LogP contribution in [0.15, 0.2) is 36.4 Å². The molecule has 0 saturated carbocycles. The number of allylic oxidation sites excluding steroid dienone is 1. The predicted molar refractivity (Wildman–Crippen MR) is 132 cm³/mol. The maximum Gasteiger partial charge on any atom is 0.405 e. The topological polar surface area (TPSA) is 46.2 Å². The van der Waals surface area contributed by atoms with Gasteiger partial charge in [0, 0.05) is 30.4 Å². The minimum Gasteiger partial charge on any atom is -0.347 e. The molecule has 1 unspecified atom stereocenters. The molecule has 0 aliphatic carbocycles. The molecule has 2 rings (SSSR count). The lowest BCUT2D eigenvalue weighted by Gasteiger charge is -2.22. The monoisotopic (exact) mass is 587 g/mol. The number of hydrogen-bond acceptors (Lipinski definition) is 2. The van der Waals surface area contributed by atoms with Gasteiger partial charge in [-0.2, -0.15) is 13.2 Å². The zero-order valence-electron chi connectivity index (χ0n) is 19.8. The molecule has 0 heterocycles. The van der Waals surface area contributed by atoms with E-state index in [0.717, 1.165) is 0 Å². The Morgan fingerprint density at radius 3 is 2.08 bits per heavy atom. The lowest BCUT2D eigenvalue weighted by molar-refractivity contribution is -0.140. The molecule has 0 radical (unpaired) electrons. The summed E-state index contributed by atoms with van der Waals surface area (Å²) < 4.78 is 80.7. The lowest BCUT2D eigenvalue weighted by atomic mass is 9.91. The van der Waals surface area contributed by atoms with E-state index in [1.165, 1.54) is 44.2 Å². The number of carbonyl (C=O) groups excluding carboxylic acids is 2. The van der Waals surface area contributed by atoms with Crippen LogP contribution < -0.4 is 5.32 Å². The van der Waals surface area contributed by atoms with E-state index in [1.807, 2.05) is 0 Å². The van der Waals surface area contributed by atoms with Crippen molar-refractivity contribution in [3.63, 3.8) is 0 Å². The number of halogens is 9. The van der Waals surface area contributed by atoms with Crippen molar-refractivity contribution in [1.29, 1.82) is 0 Å². The van der Waals surface area contributed by atoms with Crippen LogP contribution in [-0.2, 0) is 4.79 Å². The van der Waals surface area contributed by atoms with Crippen molar-refractivity contribution in [2.24, 2.45) is 5.92 Å². The van der Waals surface area contributed by atoms with Gasteiger partial charge in [-0.1, -0.05) is 53.9 Å². The molecule has 3 nitrogen and oxygen atoms in total. The molecule has 1 N–H and O–H groups in total.